The molecule has 0 saturated carbocycles. The SMILES string of the molecule is CC1(C)CN(C(=O)c2sccc2C#N)CCC1C(F)(F)F. The predicted molar refractivity (Wildman–Crippen MR) is 72.9 cm³/mol. The van der Waals surface area contributed by atoms with E-state index in [0.29, 0.717) is 4.88 Å². The smallest absolute Gasteiger partial charge is 0.337 e. The fraction of sp³-hybridized carbons (Fsp3) is 0.571. The summed E-state index contributed by atoms with van der Waals surface area (Å²) in [4.78, 5) is 14.1. The molecular weight excluding hydrogens is 301 g/mol. The number of rotatable bonds is 1. The van der Waals surface area contributed by atoms with Gasteiger partial charge in [-0.05, 0) is 23.3 Å². The van der Waals surface area contributed by atoms with Gasteiger partial charge in [0.05, 0.1) is 11.5 Å². The van der Waals surface area contributed by atoms with Gasteiger partial charge in [-0.25, -0.2) is 0 Å². The van der Waals surface area contributed by atoms with Crippen LogP contribution in [0.15, 0.2) is 11.4 Å². The minimum atomic E-state index is -4.25. The van der Waals surface area contributed by atoms with E-state index < -0.39 is 17.5 Å². The highest BCUT2D eigenvalue weighted by atomic mass is 32.1. The van der Waals surface area contributed by atoms with Gasteiger partial charge in [0.2, 0.25) is 0 Å². The van der Waals surface area contributed by atoms with Crippen molar-refractivity contribution in [2.75, 3.05) is 13.1 Å². The maximum atomic E-state index is 13.0. The molecule has 1 aliphatic heterocycles. The lowest BCUT2D eigenvalue weighted by molar-refractivity contribution is -0.214. The molecule has 114 valence electrons. The second-order valence-electron chi connectivity index (χ2n) is 5.87. The maximum absolute atomic E-state index is 13.0. The molecule has 0 N–H and O–H groups in total. The molecule has 1 aromatic heterocycles. The van der Waals surface area contributed by atoms with Gasteiger partial charge in [0.1, 0.15) is 10.9 Å². The number of piperidine rings is 1. The van der Waals surface area contributed by atoms with Crippen molar-refractivity contribution in [3.05, 3.63) is 21.9 Å². The zero-order valence-corrected chi connectivity index (χ0v) is 12.5. The number of nitriles is 1. The molecule has 0 aromatic carbocycles. The molecule has 0 bridgehead atoms. The second kappa shape index (κ2) is 5.34. The van der Waals surface area contributed by atoms with Crippen molar-refractivity contribution < 1.29 is 18.0 Å². The number of halogens is 3. The van der Waals surface area contributed by atoms with Crippen LogP contribution in [0.3, 0.4) is 0 Å². The number of carbonyl (C=O) groups is 1. The Bertz CT molecular complexity index is 586. The van der Waals surface area contributed by atoms with Crippen molar-refractivity contribution in [1.29, 1.82) is 5.26 Å². The van der Waals surface area contributed by atoms with E-state index in [1.165, 1.54) is 18.7 Å². The second-order valence-corrected chi connectivity index (χ2v) is 6.79. The highest BCUT2D eigenvalue weighted by Gasteiger charge is 2.51. The van der Waals surface area contributed by atoms with E-state index in [4.69, 9.17) is 5.26 Å². The molecule has 0 spiro atoms. The number of amides is 1. The van der Waals surface area contributed by atoms with Crippen LogP contribution in [0.2, 0.25) is 0 Å². The molecule has 1 aromatic rings. The number of thiophene rings is 1. The van der Waals surface area contributed by atoms with E-state index in [2.05, 4.69) is 0 Å². The van der Waals surface area contributed by atoms with Crippen LogP contribution in [-0.2, 0) is 0 Å². The summed E-state index contributed by atoms with van der Waals surface area (Å²) in [5.74, 6) is -1.76. The molecule has 1 amide bonds. The summed E-state index contributed by atoms with van der Waals surface area (Å²) in [6, 6.07) is 3.48. The molecule has 7 heteroatoms. The summed E-state index contributed by atoms with van der Waals surface area (Å²) in [7, 11) is 0. The summed E-state index contributed by atoms with van der Waals surface area (Å²) in [5.41, 5.74) is -0.753. The molecule has 0 aliphatic carbocycles. The molecule has 3 nitrogen and oxygen atoms in total. The van der Waals surface area contributed by atoms with Crippen molar-refractivity contribution in [1.82, 2.24) is 4.90 Å². The fourth-order valence-corrected chi connectivity index (χ4v) is 3.65. The minimum Gasteiger partial charge on any atom is -0.337 e. The largest absolute Gasteiger partial charge is 0.392 e. The Balaban J connectivity index is 2.19. The molecule has 2 rings (SSSR count). The van der Waals surface area contributed by atoms with Crippen molar-refractivity contribution >= 4 is 17.2 Å². The van der Waals surface area contributed by atoms with Gasteiger partial charge in [0.15, 0.2) is 0 Å². The van der Waals surface area contributed by atoms with E-state index in [1.807, 2.05) is 6.07 Å². The summed E-state index contributed by atoms with van der Waals surface area (Å²) < 4.78 is 39.0. The Morgan fingerprint density at radius 2 is 2.19 bits per heavy atom. The van der Waals surface area contributed by atoms with Crippen LogP contribution in [0.5, 0.6) is 0 Å². The molecule has 0 radical (unpaired) electrons. The van der Waals surface area contributed by atoms with E-state index in [0.717, 1.165) is 11.3 Å². The van der Waals surface area contributed by atoms with Crippen LogP contribution in [0.1, 0.15) is 35.5 Å². The van der Waals surface area contributed by atoms with Crippen LogP contribution >= 0.6 is 11.3 Å². The first-order valence-electron chi connectivity index (χ1n) is 6.50. The average Bonchev–Trinajstić information content (AvgIpc) is 2.83. The minimum absolute atomic E-state index is 0.0405. The first-order chi connectivity index (χ1) is 9.66. The zero-order valence-electron chi connectivity index (χ0n) is 11.7. The van der Waals surface area contributed by atoms with Crippen LogP contribution < -0.4 is 0 Å². The fourth-order valence-electron chi connectivity index (χ4n) is 2.84. The van der Waals surface area contributed by atoms with Crippen LogP contribution in [0.4, 0.5) is 13.2 Å². The quantitative estimate of drug-likeness (QED) is 0.793. The number of carbonyl (C=O) groups excluding carboxylic acids is 1. The summed E-state index contributed by atoms with van der Waals surface area (Å²) in [5, 5.41) is 10.6. The van der Waals surface area contributed by atoms with Gasteiger partial charge in [-0.3, -0.25) is 4.79 Å². The Morgan fingerprint density at radius 3 is 2.71 bits per heavy atom. The molecule has 21 heavy (non-hydrogen) atoms. The molecule has 1 saturated heterocycles. The molecule has 2 heterocycles. The van der Waals surface area contributed by atoms with Crippen LogP contribution in [0.25, 0.3) is 0 Å². The molecule has 1 unspecified atom stereocenters. The molecular formula is C14H15F3N2OS. The lowest BCUT2D eigenvalue weighted by atomic mass is 9.73. The lowest BCUT2D eigenvalue weighted by Crippen LogP contribution is -2.52. The van der Waals surface area contributed by atoms with Crippen molar-refractivity contribution in [2.24, 2.45) is 11.3 Å². The van der Waals surface area contributed by atoms with Crippen molar-refractivity contribution in [2.45, 2.75) is 26.4 Å². The Hall–Kier alpha value is -1.55. The predicted octanol–water partition coefficient (Wildman–Crippen LogP) is 3.67. The third-order valence-electron chi connectivity index (χ3n) is 3.89. The Labute approximate surface area is 125 Å². The normalized spacial score (nSPS) is 21.9. The van der Waals surface area contributed by atoms with E-state index in [9.17, 15) is 18.0 Å². The van der Waals surface area contributed by atoms with Crippen LogP contribution in [0, 0.1) is 22.7 Å². The van der Waals surface area contributed by atoms with Gasteiger partial charge in [-0.2, -0.15) is 18.4 Å². The number of hydrogen-bond acceptors (Lipinski definition) is 3. The first kappa shape index (κ1) is 15.8. The third kappa shape index (κ3) is 3.05. The van der Waals surface area contributed by atoms with E-state index in [-0.39, 0.29) is 31.0 Å². The lowest BCUT2D eigenvalue weighted by Gasteiger charge is -2.44. The van der Waals surface area contributed by atoms with Gasteiger partial charge >= 0.3 is 6.18 Å². The van der Waals surface area contributed by atoms with Gasteiger partial charge < -0.3 is 4.90 Å². The summed E-state index contributed by atoms with van der Waals surface area (Å²) >= 11 is 1.15. The highest BCUT2D eigenvalue weighted by molar-refractivity contribution is 7.12. The average molecular weight is 316 g/mol. The number of likely N-dealkylation sites (tertiary alicyclic amines) is 1. The first-order valence-corrected chi connectivity index (χ1v) is 7.38. The number of hydrogen-bond donors (Lipinski definition) is 0. The van der Waals surface area contributed by atoms with Crippen LogP contribution in [-0.4, -0.2) is 30.1 Å². The molecule has 1 aliphatic rings. The third-order valence-corrected chi connectivity index (χ3v) is 4.79. The Morgan fingerprint density at radius 1 is 1.52 bits per heavy atom. The van der Waals surface area contributed by atoms with E-state index >= 15 is 0 Å². The van der Waals surface area contributed by atoms with Crippen molar-refractivity contribution in [3.8, 4) is 6.07 Å². The summed E-state index contributed by atoms with van der Waals surface area (Å²) in [6.45, 7) is 3.17. The maximum Gasteiger partial charge on any atom is 0.392 e. The zero-order chi connectivity index (χ0) is 15.8. The highest BCUT2D eigenvalue weighted by Crippen LogP contribution is 2.45. The van der Waals surface area contributed by atoms with Gasteiger partial charge in [-0.1, -0.05) is 13.8 Å². The molecule has 1 fully saturated rings. The van der Waals surface area contributed by atoms with Gasteiger partial charge in [-0.15, -0.1) is 11.3 Å². The Kier molecular flexibility index (Phi) is 4.02. The van der Waals surface area contributed by atoms with Crippen molar-refractivity contribution in [3.63, 3.8) is 0 Å². The topological polar surface area (TPSA) is 44.1 Å². The molecule has 1 atom stereocenters. The van der Waals surface area contributed by atoms with Gasteiger partial charge in [0.25, 0.3) is 5.91 Å². The standard InChI is InChI=1S/C14H15F3N2OS/c1-13(2)8-19(5-3-10(13)14(15,16)17)12(20)11-9(7-18)4-6-21-11/h4,6,10H,3,5,8H2,1-2H3. The van der Waals surface area contributed by atoms with Gasteiger partial charge in [0, 0.05) is 13.1 Å². The van der Waals surface area contributed by atoms with E-state index in [1.54, 1.807) is 11.4 Å². The number of alkyl halides is 3. The monoisotopic (exact) mass is 316 g/mol. The summed E-state index contributed by atoms with van der Waals surface area (Å²) in [6.07, 6.45) is -4.35. The number of nitrogens with zero attached hydrogens (tertiary/aromatic N) is 2.